The largest absolute Gasteiger partial charge is 0.481 e. The van der Waals surface area contributed by atoms with Crippen LogP contribution in [0.2, 0.25) is 0 Å². The van der Waals surface area contributed by atoms with Gasteiger partial charge in [-0.2, -0.15) is 0 Å². The first kappa shape index (κ1) is 32.7. The van der Waals surface area contributed by atoms with Crippen LogP contribution in [0.25, 0.3) is 11.1 Å². The molecule has 232 valence electrons. The molecule has 0 aliphatic carbocycles. The van der Waals surface area contributed by atoms with Crippen molar-refractivity contribution in [1.82, 2.24) is 9.80 Å². The lowest BCUT2D eigenvalue weighted by atomic mass is 9.73. The number of carboxylic acids is 1. The summed E-state index contributed by atoms with van der Waals surface area (Å²) in [6, 6.07) is 27.1. The third-order valence-corrected chi connectivity index (χ3v) is 8.57. The van der Waals surface area contributed by atoms with Crippen LogP contribution in [0.15, 0.2) is 96.6 Å². The lowest BCUT2D eigenvalue weighted by Crippen LogP contribution is -2.54. The van der Waals surface area contributed by atoms with Crippen molar-refractivity contribution >= 4 is 17.8 Å². The third kappa shape index (κ3) is 8.44. The molecule has 3 N–H and O–H groups in total. The van der Waals surface area contributed by atoms with Crippen LogP contribution in [0.1, 0.15) is 51.2 Å². The fourth-order valence-electron chi connectivity index (χ4n) is 6.13. The number of hydrogen-bond acceptors (Lipinski definition) is 4. The summed E-state index contributed by atoms with van der Waals surface area (Å²) in [5.74, 6) is -1.26. The zero-order chi connectivity index (χ0) is 31.9. The van der Waals surface area contributed by atoms with Gasteiger partial charge in [0.1, 0.15) is 6.04 Å². The average molecular weight is 596 g/mol. The highest BCUT2D eigenvalue weighted by Crippen LogP contribution is 2.36. The SMILES string of the molecule is CC(=CC(=O)N(C)C(Cc1ccc(-c2ccccc2)cc1)C(=O)N1CCC(Cc2ccccc2)(C(=O)O)CC1)CC(C)(C)N. The minimum Gasteiger partial charge on any atom is -0.481 e. The number of carbonyl (C=O) groups excluding carboxylic acids is 2. The molecule has 3 aromatic rings. The van der Waals surface area contributed by atoms with E-state index in [1.54, 1.807) is 18.0 Å². The maximum atomic E-state index is 14.1. The van der Waals surface area contributed by atoms with E-state index in [1.807, 2.05) is 93.6 Å². The van der Waals surface area contributed by atoms with E-state index in [0.717, 1.165) is 27.8 Å². The van der Waals surface area contributed by atoms with Crippen molar-refractivity contribution < 1.29 is 19.5 Å². The smallest absolute Gasteiger partial charge is 0.310 e. The van der Waals surface area contributed by atoms with E-state index >= 15 is 0 Å². The standard InChI is InChI=1S/C37H45N3O4/c1-27(25-36(2,3)38)23-33(41)39(4)32(24-28-15-17-31(18-16-28)30-13-9-6-10-14-30)34(42)40-21-19-37(20-22-40,35(43)44)26-29-11-7-5-8-12-29/h5-18,23,32H,19-22,24-26,38H2,1-4H3,(H,43,44). The Balaban J connectivity index is 1.55. The number of benzene rings is 3. The summed E-state index contributed by atoms with van der Waals surface area (Å²) in [5, 5.41) is 10.2. The summed E-state index contributed by atoms with van der Waals surface area (Å²) in [4.78, 5) is 43.3. The lowest BCUT2D eigenvalue weighted by molar-refractivity contribution is -0.155. The Bertz CT molecular complexity index is 1450. The predicted octanol–water partition coefficient (Wildman–Crippen LogP) is 5.73. The van der Waals surface area contributed by atoms with Crippen molar-refractivity contribution in [2.45, 2.75) is 64.5 Å². The van der Waals surface area contributed by atoms with E-state index in [2.05, 4.69) is 12.1 Å². The normalized spacial score (nSPS) is 15.8. The summed E-state index contributed by atoms with van der Waals surface area (Å²) < 4.78 is 0. The molecule has 4 rings (SSSR count). The van der Waals surface area contributed by atoms with Crippen LogP contribution >= 0.6 is 0 Å². The summed E-state index contributed by atoms with van der Waals surface area (Å²) >= 11 is 0. The molecular formula is C37H45N3O4. The zero-order valence-electron chi connectivity index (χ0n) is 26.3. The fourth-order valence-corrected chi connectivity index (χ4v) is 6.13. The summed E-state index contributed by atoms with van der Waals surface area (Å²) in [6.45, 7) is 6.34. The second kappa shape index (κ2) is 14.0. The summed E-state index contributed by atoms with van der Waals surface area (Å²) in [7, 11) is 1.67. The highest BCUT2D eigenvalue weighted by molar-refractivity contribution is 5.93. The number of piperidine rings is 1. The second-order valence-electron chi connectivity index (χ2n) is 13.0. The molecule has 0 saturated carbocycles. The first-order valence-corrected chi connectivity index (χ1v) is 15.3. The number of carboxylic acid groups (broad SMARTS) is 1. The van der Waals surface area contributed by atoms with Crippen molar-refractivity contribution in [3.63, 3.8) is 0 Å². The van der Waals surface area contributed by atoms with Gasteiger partial charge in [-0.05, 0) is 68.7 Å². The highest BCUT2D eigenvalue weighted by atomic mass is 16.4. The predicted molar refractivity (Wildman–Crippen MR) is 175 cm³/mol. The summed E-state index contributed by atoms with van der Waals surface area (Å²) in [6.07, 6.45) is 3.58. The van der Waals surface area contributed by atoms with Crippen LogP contribution in [0, 0.1) is 5.41 Å². The van der Waals surface area contributed by atoms with E-state index in [0.29, 0.717) is 45.2 Å². The van der Waals surface area contributed by atoms with E-state index in [9.17, 15) is 19.5 Å². The van der Waals surface area contributed by atoms with Crippen LogP contribution < -0.4 is 5.73 Å². The van der Waals surface area contributed by atoms with Crippen molar-refractivity contribution in [3.05, 3.63) is 108 Å². The molecule has 7 nitrogen and oxygen atoms in total. The second-order valence-corrected chi connectivity index (χ2v) is 13.0. The molecule has 1 aliphatic rings. The molecule has 0 aromatic heterocycles. The van der Waals surface area contributed by atoms with Gasteiger partial charge in [0.2, 0.25) is 11.8 Å². The van der Waals surface area contributed by atoms with Gasteiger partial charge < -0.3 is 20.6 Å². The number of carbonyl (C=O) groups is 3. The molecule has 1 heterocycles. The van der Waals surface area contributed by atoms with Crippen LogP contribution in [0.4, 0.5) is 0 Å². The minimum atomic E-state index is -0.933. The van der Waals surface area contributed by atoms with Crippen molar-refractivity contribution in [3.8, 4) is 11.1 Å². The quantitative estimate of drug-likeness (QED) is 0.276. The van der Waals surface area contributed by atoms with Crippen LogP contribution in [-0.2, 0) is 27.2 Å². The van der Waals surface area contributed by atoms with Gasteiger partial charge >= 0.3 is 5.97 Å². The van der Waals surface area contributed by atoms with Crippen molar-refractivity contribution in [1.29, 1.82) is 0 Å². The molecule has 1 saturated heterocycles. The molecule has 7 heteroatoms. The highest BCUT2D eigenvalue weighted by Gasteiger charge is 2.43. The van der Waals surface area contributed by atoms with Gasteiger partial charge in [-0.15, -0.1) is 0 Å². The molecule has 1 unspecified atom stereocenters. The van der Waals surface area contributed by atoms with Crippen LogP contribution in [0.5, 0.6) is 0 Å². The minimum absolute atomic E-state index is 0.170. The molecule has 3 aromatic carbocycles. The van der Waals surface area contributed by atoms with Gasteiger partial charge in [-0.25, -0.2) is 0 Å². The Morgan fingerprint density at radius 1 is 0.909 bits per heavy atom. The van der Waals surface area contributed by atoms with E-state index in [-0.39, 0.29) is 11.8 Å². The number of aliphatic carboxylic acids is 1. The topological polar surface area (TPSA) is 104 Å². The van der Waals surface area contributed by atoms with Crippen molar-refractivity contribution in [2.24, 2.45) is 11.1 Å². The molecule has 1 fully saturated rings. The maximum absolute atomic E-state index is 14.1. The molecule has 1 aliphatic heterocycles. The first-order valence-electron chi connectivity index (χ1n) is 15.3. The van der Waals surface area contributed by atoms with Gasteiger partial charge in [0.15, 0.2) is 0 Å². The Labute approximate surface area is 261 Å². The monoisotopic (exact) mass is 595 g/mol. The lowest BCUT2D eigenvalue weighted by Gasteiger charge is -2.41. The Hall–Kier alpha value is -4.23. The molecule has 2 amide bonds. The van der Waals surface area contributed by atoms with Gasteiger partial charge in [0.05, 0.1) is 5.41 Å². The van der Waals surface area contributed by atoms with Crippen LogP contribution in [0.3, 0.4) is 0 Å². The number of nitrogens with zero attached hydrogens (tertiary/aromatic N) is 2. The number of rotatable bonds is 11. The summed E-state index contributed by atoms with van der Waals surface area (Å²) in [5.41, 5.74) is 9.71. The van der Waals surface area contributed by atoms with Gasteiger partial charge in [0.25, 0.3) is 0 Å². The average Bonchev–Trinajstić information content (AvgIpc) is 2.99. The van der Waals surface area contributed by atoms with Crippen molar-refractivity contribution in [2.75, 3.05) is 20.1 Å². The van der Waals surface area contributed by atoms with E-state index in [1.165, 1.54) is 4.90 Å². The number of likely N-dealkylation sites (N-methyl/N-ethyl adjacent to an activating group) is 1. The Morgan fingerprint density at radius 2 is 1.45 bits per heavy atom. The maximum Gasteiger partial charge on any atom is 0.310 e. The van der Waals surface area contributed by atoms with Gasteiger partial charge in [-0.1, -0.05) is 90.5 Å². The Morgan fingerprint density at radius 3 is 2.00 bits per heavy atom. The molecule has 1 atom stereocenters. The number of nitrogens with two attached hydrogens (primary N) is 1. The van der Waals surface area contributed by atoms with Gasteiger partial charge in [-0.3, -0.25) is 14.4 Å². The number of amides is 2. The fraction of sp³-hybridized carbons (Fsp3) is 0.378. The molecule has 0 spiro atoms. The van der Waals surface area contributed by atoms with Gasteiger partial charge in [0, 0.05) is 38.2 Å². The van der Waals surface area contributed by atoms with E-state index < -0.39 is 23.0 Å². The third-order valence-electron chi connectivity index (χ3n) is 8.57. The zero-order valence-corrected chi connectivity index (χ0v) is 26.3. The van der Waals surface area contributed by atoms with E-state index in [4.69, 9.17) is 5.73 Å². The van der Waals surface area contributed by atoms with Crippen LogP contribution in [-0.4, -0.2) is 64.4 Å². The Kier molecular flexibility index (Phi) is 10.4. The first-order chi connectivity index (χ1) is 20.9. The molecule has 44 heavy (non-hydrogen) atoms. The number of hydrogen-bond donors (Lipinski definition) is 2. The molecule has 0 radical (unpaired) electrons. The molecular weight excluding hydrogens is 550 g/mol. The number of likely N-dealkylation sites (tertiary alicyclic amines) is 1. The molecule has 0 bridgehead atoms.